The highest BCUT2D eigenvalue weighted by molar-refractivity contribution is 9.10. The summed E-state index contributed by atoms with van der Waals surface area (Å²) >= 11 is 3.41. The summed E-state index contributed by atoms with van der Waals surface area (Å²) in [6, 6.07) is 5.09. The molecule has 0 aliphatic rings. The highest BCUT2D eigenvalue weighted by Crippen LogP contribution is 2.32. The molecule has 1 unspecified atom stereocenters. The number of ether oxygens (including phenoxy) is 1. The van der Waals surface area contributed by atoms with Gasteiger partial charge in [0.15, 0.2) is 0 Å². The molecule has 0 spiro atoms. The number of halogens is 3. The van der Waals surface area contributed by atoms with E-state index in [4.69, 9.17) is 4.74 Å². The Morgan fingerprint density at radius 3 is 2.58 bits per heavy atom. The molecule has 0 fully saturated rings. The molecule has 2 aromatic rings. The third-order valence-corrected chi connectivity index (χ3v) is 4.13. The average Bonchev–Trinajstić information content (AvgIpc) is 2.56. The topological polar surface area (TPSA) is 37.7 Å². The number of pyridine rings is 1. The average molecular weight is 424 g/mol. The highest BCUT2D eigenvalue weighted by atomic mass is 79.9. The van der Waals surface area contributed by atoms with Crippen molar-refractivity contribution in [3.05, 3.63) is 64.3 Å². The minimum absolute atomic E-state index is 0.332. The van der Waals surface area contributed by atoms with Gasteiger partial charge < -0.3 is 9.64 Å². The van der Waals surface area contributed by atoms with E-state index in [1.165, 1.54) is 12.1 Å². The summed E-state index contributed by atoms with van der Waals surface area (Å²) < 4.78 is 33.1. The first kappa shape index (κ1) is 20.0. The van der Waals surface area contributed by atoms with E-state index in [-0.39, 0.29) is 0 Å². The number of aryl methyl sites for hydroxylation is 1. The van der Waals surface area contributed by atoms with Crippen LogP contribution in [-0.2, 0) is 0 Å². The van der Waals surface area contributed by atoms with Gasteiger partial charge in [0.25, 0.3) is 0 Å². The van der Waals surface area contributed by atoms with Crippen molar-refractivity contribution in [2.75, 3.05) is 13.6 Å². The number of aliphatic imine (C=N–C) groups is 1. The van der Waals surface area contributed by atoms with Gasteiger partial charge in [-0.2, -0.15) is 0 Å². The largest absolute Gasteiger partial charge is 0.469 e. The number of rotatable bonds is 7. The number of benzene rings is 1. The van der Waals surface area contributed by atoms with Gasteiger partial charge in [-0.05, 0) is 53.5 Å². The first-order valence-electron chi connectivity index (χ1n) is 7.95. The summed E-state index contributed by atoms with van der Waals surface area (Å²) in [4.78, 5) is 10.7. The van der Waals surface area contributed by atoms with Gasteiger partial charge in [-0.3, -0.25) is 0 Å². The molecular formula is C19H20BrF2N3O. The lowest BCUT2D eigenvalue weighted by molar-refractivity contribution is 0.214. The molecule has 1 atom stereocenters. The van der Waals surface area contributed by atoms with Crippen LogP contribution in [0.2, 0.25) is 0 Å². The van der Waals surface area contributed by atoms with Crippen LogP contribution in [0.25, 0.3) is 0 Å². The van der Waals surface area contributed by atoms with Crippen molar-refractivity contribution in [2.24, 2.45) is 4.99 Å². The van der Waals surface area contributed by atoms with Crippen LogP contribution in [0.15, 0.2) is 46.4 Å². The predicted molar refractivity (Wildman–Crippen MR) is 103 cm³/mol. The minimum Gasteiger partial charge on any atom is -0.469 e. The van der Waals surface area contributed by atoms with E-state index in [9.17, 15) is 8.78 Å². The third-order valence-electron chi connectivity index (χ3n) is 3.56. The van der Waals surface area contributed by atoms with Crippen molar-refractivity contribution in [3.8, 4) is 5.88 Å². The Labute approximate surface area is 160 Å². The van der Waals surface area contributed by atoms with E-state index >= 15 is 0 Å². The van der Waals surface area contributed by atoms with Crippen molar-refractivity contribution in [1.82, 2.24) is 9.88 Å². The summed E-state index contributed by atoms with van der Waals surface area (Å²) in [5.41, 5.74) is 1.75. The van der Waals surface area contributed by atoms with Crippen LogP contribution >= 0.6 is 15.9 Å². The number of likely N-dealkylation sites (N-methyl/N-ethyl adjacent to an activating group) is 1. The molecular weight excluding hydrogens is 404 g/mol. The lowest BCUT2D eigenvalue weighted by Crippen LogP contribution is -2.15. The van der Waals surface area contributed by atoms with Crippen LogP contribution in [-0.4, -0.2) is 29.8 Å². The van der Waals surface area contributed by atoms with Crippen molar-refractivity contribution in [3.63, 3.8) is 0 Å². The summed E-state index contributed by atoms with van der Waals surface area (Å²) in [6.45, 7) is 7.87. The fraction of sp³-hybridized carbons (Fsp3) is 0.263. The summed E-state index contributed by atoms with van der Waals surface area (Å²) in [6.07, 6.45) is 2.90. The predicted octanol–water partition coefficient (Wildman–Crippen LogP) is 5.35. The van der Waals surface area contributed by atoms with E-state index in [1.807, 2.05) is 18.9 Å². The number of aromatic nitrogens is 1. The van der Waals surface area contributed by atoms with Gasteiger partial charge in [0.2, 0.25) is 5.88 Å². The number of nitrogens with zero attached hydrogens (tertiary/aromatic N) is 3. The maximum Gasteiger partial charge on any atom is 0.228 e. The quantitative estimate of drug-likeness (QED) is 0.342. The molecule has 0 aliphatic heterocycles. The van der Waals surface area contributed by atoms with Crippen molar-refractivity contribution < 1.29 is 13.5 Å². The van der Waals surface area contributed by atoms with Crippen LogP contribution in [0.1, 0.15) is 24.3 Å². The molecule has 0 aliphatic carbocycles. The molecule has 1 aromatic carbocycles. The fourth-order valence-corrected chi connectivity index (χ4v) is 2.62. The van der Waals surface area contributed by atoms with Gasteiger partial charge in [-0.1, -0.05) is 6.08 Å². The monoisotopic (exact) mass is 423 g/mol. The fourth-order valence-electron chi connectivity index (χ4n) is 2.22. The van der Waals surface area contributed by atoms with E-state index in [0.717, 1.165) is 6.07 Å². The molecule has 7 heteroatoms. The summed E-state index contributed by atoms with van der Waals surface area (Å²) in [5.74, 6) is -0.961. The Bertz CT molecular complexity index is 806. The van der Waals surface area contributed by atoms with Gasteiger partial charge in [-0.15, -0.1) is 6.58 Å². The standard InChI is InChI=1S/C19H20BrF2N3O/c1-5-6-25(4)11-23-18-10-17(20)19(24-12(18)2)26-13(3)14-7-15(21)9-16(22)8-14/h5,7-11,13H,1,6H2,2-4H3/b23-11+. The second kappa shape index (κ2) is 8.89. The van der Waals surface area contributed by atoms with E-state index in [1.54, 1.807) is 25.4 Å². The molecule has 1 heterocycles. The van der Waals surface area contributed by atoms with E-state index < -0.39 is 17.7 Å². The zero-order valence-electron chi connectivity index (χ0n) is 14.8. The second-order valence-electron chi connectivity index (χ2n) is 5.82. The van der Waals surface area contributed by atoms with Crippen LogP contribution < -0.4 is 4.74 Å². The molecule has 0 saturated carbocycles. The van der Waals surface area contributed by atoms with Crippen LogP contribution in [0.5, 0.6) is 5.88 Å². The van der Waals surface area contributed by atoms with Crippen LogP contribution in [0.3, 0.4) is 0 Å². The highest BCUT2D eigenvalue weighted by Gasteiger charge is 2.15. The number of hydrogen-bond donors (Lipinski definition) is 0. The Kier molecular flexibility index (Phi) is 6.85. The molecule has 0 bridgehead atoms. The zero-order valence-corrected chi connectivity index (χ0v) is 16.4. The lowest BCUT2D eigenvalue weighted by Gasteiger charge is -2.17. The normalized spacial score (nSPS) is 12.2. The van der Waals surface area contributed by atoms with E-state index in [2.05, 4.69) is 32.5 Å². The van der Waals surface area contributed by atoms with Gasteiger partial charge in [-0.25, -0.2) is 18.8 Å². The molecule has 26 heavy (non-hydrogen) atoms. The Hall–Kier alpha value is -2.28. The summed E-state index contributed by atoms with van der Waals surface area (Å²) in [5, 5.41) is 0. The molecule has 0 radical (unpaired) electrons. The lowest BCUT2D eigenvalue weighted by atomic mass is 10.1. The maximum absolute atomic E-state index is 13.4. The molecule has 0 saturated heterocycles. The zero-order chi connectivity index (χ0) is 19.3. The van der Waals surface area contributed by atoms with Crippen molar-refractivity contribution >= 4 is 28.0 Å². The smallest absolute Gasteiger partial charge is 0.228 e. The first-order valence-corrected chi connectivity index (χ1v) is 8.74. The van der Waals surface area contributed by atoms with Crippen molar-refractivity contribution in [1.29, 1.82) is 0 Å². The minimum atomic E-state index is -0.646. The van der Waals surface area contributed by atoms with Gasteiger partial charge >= 0.3 is 0 Å². The number of hydrogen-bond acceptors (Lipinski definition) is 3. The van der Waals surface area contributed by atoms with Crippen molar-refractivity contribution in [2.45, 2.75) is 20.0 Å². The van der Waals surface area contributed by atoms with Crippen LogP contribution in [0, 0.1) is 18.6 Å². The summed E-state index contributed by atoms with van der Waals surface area (Å²) in [7, 11) is 1.89. The molecule has 0 amide bonds. The Morgan fingerprint density at radius 2 is 1.96 bits per heavy atom. The Morgan fingerprint density at radius 1 is 1.31 bits per heavy atom. The third kappa shape index (κ3) is 5.36. The van der Waals surface area contributed by atoms with Crippen LogP contribution in [0.4, 0.5) is 14.5 Å². The molecule has 0 N–H and O–H groups in total. The van der Waals surface area contributed by atoms with E-state index in [0.29, 0.717) is 33.8 Å². The maximum atomic E-state index is 13.4. The van der Waals surface area contributed by atoms with Gasteiger partial charge in [0.05, 0.1) is 22.2 Å². The molecule has 2 rings (SSSR count). The molecule has 1 aromatic heterocycles. The first-order chi connectivity index (χ1) is 12.3. The van der Waals surface area contributed by atoms with Gasteiger partial charge in [0.1, 0.15) is 17.7 Å². The van der Waals surface area contributed by atoms with Gasteiger partial charge in [0, 0.05) is 19.7 Å². The second-order valence-corrected chi connectivity index (χ2v) is 6.67. The SMILES string of the molecule is C=CCN(C)/C=N/c1cc(Br)c(OC(C)c2cc(F)cc(F)c2)nc1C. The molecule has 138 valence electrons. The Balaban J connectivity index is 2.20. The molecule has 4 nitrogen and oxygen atoms in total.